The number of aromatic nitrogens is 2. The van der Waals surface area contributed by atoms with Crippen molar-refractivity contribution in [2.24, 2.45) is 0 Å². The summed E-state index contributed by atoms with van der Waals surface area (Å²) in [6, 6.07) is 1.54. The molecule has 1 atom stereocenters. The van der Waals surface area contributed by atoms with Crippen LogP contribution in [0, 0.1) is 0 Å². The molecule has 0 aromatic carbocycles. The van der Waals surface area contributed by atoms with E-state index in [1.165, 1.54) is 12.3 Å². The van der Waals surface area contributed by atoms with Gasteiger partial charge in [-0.1, -0.05) is 6.92 Å². The first-order chi connectivity index (χ1) is 6.63. The van der Waals surface area contributed by atoms with Crippen molar-refractivity contribution in [1.82, 2.24) is 9.78 Å². The number of alkyl halides is 2. The molecule has 0 aliphatic heterocycles. The average molecular weight is 204 g/mol. The SMILES string of the molecule is CC[C@@H](C)OCc1ccn(C(F)F)n1. The second-order valence-corrected chi connectivity index (χ2v) is 3.09. The maximum Gasteiger partial charge on any atom is 0.333 e. The van der Waals surface area contributed by atoms with E-state index >= 15 is 0 Å². The van der Waals surface area contributed by atoms with E-state index in [0.717, 1.165) is 6.42 Å². The van der Waals surface area contributed by atoms with Crippen molar-refractivity contribution >= 4 is 0 Å². The third kappa shape index (κ3) is 3.06. The van der Waals surface area contributed by atoms with Gasteiger partial charge >= 0.3 is 6.55 Å². The third-order valence-corrected chi connectivity index (χ3v) is 1.95. The summed E-state index contributed by atoms with van der Waals surface area (Å²) in [7, 11) is 0. The first-order valence-electron chi connectivity index (χ1n) is 4.57. The third-order valence-electron chi connectivity index (χ3n) is 1.95. The molecule has 3 nitrogen and oxygen atoms in total. The number of ether oxygens (including phenoxy) is 1. The Morgan fingerprint density at radius 3 is 2.79 bits per heavy atom. The molecule has 80 valence electrons. The van der Waals surface area contributed by atoms with E-state index in [2.05, 4.69) is 5.10 Å². The van der Waals surface area contributed by atoms with E-state index in [4.69, 9.17) is 4.74 Å². The van der Waals surface area contributed by atoms with Crippen LogP contribution in [0.3, 0.4) is 0 Å². The molecule has 14 heavy (non-hydrogen) atoms. The minimum atomic E-state index is -2.58. The second-order valence-electron chi connectivity index (χ2n) is 3.09. The van der Waals surface area contributed by atoms with Gasteiger partial charge in [-0.2, -0.15) is 13.9 Å². The molecular formula is C9H14F2N2O. The van der Waals surface area contributed by atoms with Gasteiger partial charge in [0.25, 0.3) is 0 Å². The molecule has 5 heteroatoms. The quantitative estimate of drug-likeness (QED) is 0.737. The van der Waals surface area contributed by atoms with Crippen molar-refractivity contribution in [1.29, 1.82) is 0 Å². The summed E-state index contributed by atoms with van der Waals surface area (Å²) in [6.45, 7) is 1.65. The molecule has 1 rings (SSSR count). The molecule has 0 spiro atoms. The summed E-state index contributed by atoms with van der Waals surface area (Å²) >= 11 is 0. The summed E-state index contributed by atoms with van der Waals surface area (Å²) in [5.41, 5.74) is 0.533. The van der Waals surface area contributed by atoms with Gasteiger partial charge < -0.3 is 4.74 Å². The largest absolute Gasteiger partial charge is 0.372 e. The molecule has 0 saturated heterocycles. The summed E-state index contributed by atoms with van der Waals surface area (Å²) in [4.78, 5) is 0. The Bertz CT molecular complexity index is 276. The predicted molar refractivity (Wildman–Crippen MR) is 48.0 cm³/mol. The van der Waals surface area contributed by atoms with Crippen molar-refractivity contribution in [3.63, 3.8) is 0 Å². The van der Waals surface area contributed by atoms with Crippen LogP contribution in [0.4, 0.5) is 8.78 Å². The fraction of sp³-hybridized carbons (Fsp3) is 0.667. The molecule has 0 amide bonds. The van der Waals surface area contributed by atoms with Gasteiger partial charge in [-0.3, -0.25) is 0 Å². The lowest BCUT2D eigenvalue weighted by Gasteiger charge is -2.08. The first kappa shape index (κ1) is 11.1. The zero-order valence-corrected chi connectivity index (χ0v) is 8.28. The molecule has 1 aromatic heterocycles. The highest BCUT2D eigenvalue weighted by Gasteiger charge is 2.08. The van der Waals surface area contributed by atoms with E-state index in [9.17, 15) is 8.78 Å². The zero-order valence-electron chi connectivity index (χ0n) is 8.28. The summed E-state index contributed by atoms with van der Waals surface area (Å²) in [6.07, 6.45) is 2.28. The number of hydrogen-bond acceptors (Lipinski definition) is 2. The molecule has 0 N–H and O–H groups in total. The Hall–Kier alpha value is -0.970. The van der Waals surface area contributed by atoms with E-state index in [0.29, 0.717) is 10.4 Å². The lowest BCUT2D eigenvalue weighted by molar-refractivity contribution is 0.0414. The Labute approximate surface area is 81.7 Å². The lowest BCUT2D eigenvalue weighted by Crippen LogP contribution is -2.07. The summed E-state index contributed by atoms with van der Waals surface area (Å²) in [5.74, 6) is 0. The fourth-order valence-corrected chi connectivity index (χ4v) is 0.909. The van der Waals surface area contributed by atoms with E-state index < -0.39 is 6.55 Å². The van der Waals surface area contributed by atoms with E-state index in [1.54, 1.807) is 0 Å². The van der Waals surface area contributed by atoms with Gasteiger partial charge in [-0.15, -0.1) is 0 Å². The number of rotatable bonds is 5. The van der Waals surface area contributed by atoms with Gasteiger partial charge in [0.2, 0.25) is 0 Å². The highest BCUT2D eigenvalue weighted by atomic mass is 19.3. The molecule has 0 unspecified atom stereocenters. The molecule has 0 saturated carbocycles. The Kier molecular flexibility index (Phi) is 4.00. The Balaban J connectivity index is 2.44. The van der Waals surface area contributed by atoms with Gasteiger partial charge in [-0.05, 0) is 19.4 Å². The standard InChI is InChI=1S/C9H14F2N2O/c1-3-7(2)14-6-8-4-5-13(12-8)9(10)11/h4-5,7,9H,3,6H2,1-2H3/t7-/m1/s1. The molecular weight excluding hydrogens is 190 g/mol. The highest BCUT2D eigenvalue weighted by Crippen LogP contribution is 2.10. The van der Waals surface area contributed by atoms with Crippen molar-refractivity contribution < 1.29 is 13.5 Å². The van der Waals surface area contributed by atoms with Gasteiger partial charge in [0.1, 0.15) is 0 Å². The van der Waals surface area contributed by atoms with Crippen LogP contribution in [-0.2, 0) is 11.3 Å². The van der Waals surface area contributed by atoms with Gasteiger partial charge in [0.15, 0.2) is 0 Å². The second kappa shape index (κ2) is 5.05. The van der Waals surface area contributed by atoms with E-state index in [1.807, 2.05) is 13.8 Å². The maximum absolute atomic E-state index is 12.1. The van der Waals surface area contributed by atoms with Gasteiger partial charge in [-0.25, -0.2) is 4.68 Å². The van der Waals surface area contributed by atoms with Crippen LogP contribution in [-0.4, -0.2) is 15.9 Å². The van der Waals surface area contributed by atoms with E-state index in [-0.39, 0.29) is 12.7 Å². The highest BCUT2D eigenvalue weighted by molar-refractivity contribution is 4.97. The van der Waals surface area contributed by atoms with Crippen LogP contribution in [0.15, 0.2) is 12.3 Å². The van der Waals surface area contributed by atoms with Gasteiger partial charge in [0, 0.05) is 6.20 Å². The monoisotopic (exact) mass is 204 g/mol. The predicted octanol–water partition coefficient (Wildman–Crippen LogP) is 2.59. The zero-order chi connectivity index (χ0) is 10.6. The van der Waals surface area contributed by atoms with Crippen molar-refractivity contribution in [3.05, 3.63) is 18.0 Å². The topological polar surface area (TPSA) is 27.1 Å². The van der Waals surface area contributed by atoms with Crippen molar-refractivity contribution in [2.45, 2.75) is 39.5 Å². The molecule has 0 fully saturated rings. The summed E-state index contributed by atoms with van der Waals surface area (Å²) < 4.78 is 30.2. The number of nitrogens with zero attached hydrogens (tertiary/aromatic N) is 2. The molecule has 0 aliphatic rings. The van der Waals surface area contributed by atoms with Crippen LogP contribution in [0.1, 0.15) is 32.5 Å². The number of hydrogen-bond donors (Lipinski definition) is 0. The van der Waals surface area contributed by atoms with Crippen molar-refractivity contribution in [3.8, 4) is 0 Å². The van der Waals surface area contributed by atoms with Crippen LogP contribution in [0.2, 0.25) is 0 Å². The Morgan fingerprint density at radius 2 is 2.29 bits per heavy atom. The van der Waals surface area contributed by atoms with Crippen LogP contribution in [0.25, 0.3) is 0 Å². The minimum absolute atomic E-state index is 0.131. The van der Waals surface area contributed by atoms with Crippen LogP contribution < -0.4 is 0 Å². The van der Waals surface area contributed by atoms with Crippen molar-refractivity contribution in [2.75, 3.05) is 0 Å². The number of halogens is 2. The molecule has 1 heterocycles. The minimum Gasteiger partial charge on any atom is -0.372 e. The summed E-state index contributed by atoms with van der Waals surface area (Å²) in [5, 5.41) is 3.66. The molecule has 0 bridgehead atoms. The van der Waals surface area contributed by atoms with Crippen LogP contribution in [0.5, 0.6) is 0 Å². The fourth-order valence-electron chi connectivity index (χ4n) is 0.909. The normalized spacial score (nSPS) is 13.5. The molecule has 0 radical (unpaired) electrons. The Morgan fingerprint density at radius 1 is 1.57 bits per heavy atom. The maximum atomic E-state index is 12.1. The van der Waals surface area contributed by atoms with Crippen LogP contribution >= 0.6 is 0 Å². The lowest BCUT2D eigenvalue weighted by atomic mass is 10.3. The van der Waals surface area contributed by atoms with Gasteiger partial charge in [0.05, 0.1) is 18.4 Å². The molecule has 1 aromatic rings. The molecule has 0 aliphatic carbocycles. The smallest absolute Gasteiger partial charge is 0.333 e. The first-order valence-corrected chi connectivity index (χ1v) is 4.57. The average Bonchev–Trinajstić information content (AvgIpc) is 2.62.